The van der Waals surface area contributed by atoms with Crippen molar-refractivity contribution in [2.24, 2.45) is 0 Å². The van der Waals surface area contributed by atoms with Crippen LogP contribution in [0, 0.1) is 22.7 Å². The van der Waals surface area contributed by atoms with E-state index >= 15 is 0 Å². The van der Waals surface area contributed by atoms with Gasteiger partial charge in [0.25, 0.3) is 0 Å². The van der Waals surface area contributed by atoms with E-state index in [9.17, 15) is 10.5 Å². The number of hydrogen-bond acceptors (Lipinski definition) is 3. The summed E-state index contributed by atoms with van der Waals surface area (Å²) in [6, 6.07) is 51.1. The van der Waals surface area contributed by atoms with Gasteiger partial charge in [-0.2, -0.15) is 10.5 Å². The van der Waals surface area contributed by atoms with Crippen molar-refractivity contribution in [3.05, 3.63) is 174 Å². The molecule has 0 fully saturated rings. The number of allylic oxidation sites excluding steroid dienone is 2. The Kier molecular flexibility index (Phi) is 6.35. The summed E-state index contributed by atoms with van der Waals surface area (Å²) in [4.78, 5) is 2.43. The number of benzene rings is 6. The molecule has 7 aromatic rings. The summed E-state index contributed by atoms with van der Waals surface area (Å²) < 4.78 is 2.26. The number of aromatic nitrogens is 1. The van der Waals surface area contributed by atoms with E-state index in [0.29, 0.717) is 11.1 Å². The van der Waals surface area contributed by atoms with Crippen LogP contribution in [0.3, 0.4) is 0 Å². The van der Waals surface area contributed by atoms with Crippen LogP contribution in [0.5, 0.6) is 0 Å². The van der Waals surface area contributed by atoms with Gasteiger partial charge in [0.2, 0.25) is 0 Å². The zero-order valence-corrected chi connectivity index (χ0v) is 26.0. The monoisotopic (exact) mass is 612 g/mol. The van der Waals surface area contributed by atoms with Crippen molar-refractivity contribution < 1.29 is 0 Å². The maximum atomic E-state index is 9.84. The SMILES string of the molecule is N#Cc1ccc(N2c3ccccc3C3C=CC=CC32)c(-c2ccc(-c3ccc(-n4c5ccccc5c5cc(C#N)ccc54)cc3)cc2)c1. The number of hydrogen-bond donors (Lipinski definition) is 0. The van der Waals surface area contributed by atoms with E-state index in [4.69, 9.17) is 0 Å². The van der Waals surface area contributed by atoms with Crippen molar-refractivity contribution in [3.63, 3.8) is 0 Å². The van der Waals surface area contributed by atoms with Crippen LogP contribution in [0.1, 0.15) is 22.6 Å². The van der Waals surface area contributed by atoms with Gasteiger partial charge in [-0.15, -0.1) is 0 Å². The normalized spacial score (nSPS) is 16.1. The van der Waals surface area contributed by atoms with E-state index in [0.717, 1.165) is 55.4 Å². The second-order valence-corrected chi connectivity index (χ2v) is 12.4. The summed E-state index contributed by atoms with van der Waals surface area (Å²) in [5.41, 5.74) is 12.6. The number of nitrogens with zero attached hydrogens (tertiary/aromatic N) is 4. The molecule has 0 bridgehead atoms. The number of para-hydroxylation sites is 2. The van der Waals surface area contributed by atoms with Gasteiger partial charge in [-0.25, -0.2) is 0 Å². The molecule has 0 saturated carbocycles. The first kappa shape index (κ1) is 27.7. The Hall–Kier alpha value is -6.62. The van der Waals surface area contributed by atoms with Crippen molar-refractivity contribution in [2.45, 2.75) is 12.0 Å². The minimum atomic E-state index is 0.180. The third kappa shape index (κ3) is 4.28. The summed E-state index contributed by atoms with van der Waals surface area (Å²) in [7, 11) is 0. The summed E-state index contributed by atoms with van der Waals surface area (Å²) in [5, 5.41) is 21.5. The first-order chi connectivity index (χ1) is 23.7. The topological polar surface area (TPSA) is 55.8 Å². The van der Waals surface area contributed by atoms with Crippen LogP contribution in [-0.4, -0.2) is 10.6 Å². The quantitative estimate of drug-likeness (QED) is 0.199. The van der Waals surface area contributed by atoms with Crippen LogP contribution in [0.2, 0.25) is 0 Å². The van der Waals surface area contributed by atoms with Gasteiger partial charge in [0, 0.05) is 39.3 Å². The molecule has 4 nitrogen and oxygen atoms in total. The van der Waals surface area contributed by atoms with Crippen LogP contribution in [0.25, 0.3) is 49.7 Å². The lowest BCUT2D eigenvalue weighted by molar-refractivity contribution is 0.745. The van der Waals surface area contributed by atoms with Crippen molar-refractivity contribution in [1.29, 1.82) is 10.5 Å². The predicted molar refractivity (Wildman–Crippen MR) is 194 cm³/mol. The standard InChI is InChI=1S/C44H28N4/c45-27-29-13-23-43(48-41-11-5-1-7-35(41)36-8-2-6-12-42(36)48)38(25-29)33-17-15-31(16-18-33)32-19-21-34(22-20-32)47-40-10-4-3-9-37(40)39-26-30(28-46)14-24-44(39)47/h1-26,35,41H. The average molecular weight is 613 g/mol. The molecule has 4 heteroatoms. The minimum Gasteiger partial charge on any atom is -0.333 e. The molecule has 6 aromatic carbocycles. The van der Waals surface area contributed by atoms with Gasteiger partial charge in [0.15, 0.2) is 0 Å². The maximum Gasteiger partial charge on any atom is 0.0991 e. The molecular weight excluding hydrogens is 585 g/mol. The second kappa shape index (κ2) is 11.0. The third-order valence-corrected chi connectivity index (χ3v) is 9.80. The molecule has 0 amide bonds. The highest BCUT2D eigenvalue weighted by Gasteiger charge is 2.38. The largest absolute Gasteiger partial charge is 0.333 e. The molecule has 0 saturated heterocycles. The van der Waals surface area contributed by atoms with Gasteiger partial charge < -0.3 is 9.47 Å². The first-order valence-electron chi connectivity index (χ1n) is 16.1. The Morgan fingerprint density at radius 1 is 0.521 bits per heavy atom. The second-order valence-electron chi connectivity index (χ2n) is 12.4. The van der Waals surface area contributed by atoms with E-state index in [2.05, 4.69) is 143 Å². The lowest BCUT2D eigenvalue weighted by atomic mass is 9.91. The Morgan fingerprint density at radius 3 is 1.98 bits per heavy atom. The first-order valence-corrected chi connectivity index (χ1v) is 16.1. The summed E-state index contributed by atoms with van der Waals surface area (Å²) in [5.74, 6) is 0.289. The molecule has 1 aliphatic carbocycles. The van der Waals surface area contributed by atoms with Crippen LogP contribution in [0.4, 0.5) is 11.4 Å². The Balaban J connectivity index is 1.08. The molecule has 2 heterocycles. The van der Waals surface area contributed by atoms with Crippen LogP contribution >= 0.6 is 0 Å². The van der Waals surface area contributed by atoms with Gasteiger partial charge in [0.05, 0.1) is 40.3 Å². The molecule has 48 heavy (non-hydrogen) atoms. The van der Waals surface area contributed by atoms with Crippen molar-refractivity contribution in [2.75, 3.05) is 4.90 Å². The highest BCUT2D eigenvalue weighted by molar-refractivity contribution is 6.09. The van der Waals surface area contributed by atoms with Gasteiger partial charge in [-0.1, -0.05) is 97.1 Å². The van der Waals surface area contributed by atoms with E-state index in [-0.39, 0.29) is 12.0 Å². The van der Waals surface area contributed by atoms with Gasteiger partial charge >= 0.3 is 0 Å². The van der Waals surface area contributed by atoms with E-state index < -0.39 is 0 Å². The third-order valence-electron chi connectivity index (χ3n) is 9.80. The van der Waals surface area contributed by atoms with Crippen molar-refractivity contribution >= 4 is 33.2 Å². The molecule has 2 aliphatic rings. The van der Waals surface area contributed by atoms with Crippen molar-refractivity contribution in [3.8, 4) is 40.1 Å². The number of anilines is 2. The van der Waals surface area contributed by atoms with E-state index in [1.54, 1.807) is 0 Å². The lowest BCUT2D eigenvalue weighted by Gasteiger charge is -2.30. The lowest BCUT2D eigenvalue weighted by Crippen LogP contribution is -2.29. The molecule has 0 radical (unpaired) electrons. The zero-order chi connectivity index (χ0) is 32.2. The Bertz CT molecular complexity index is 2540. The summed E-state index contributed by atoms with van der Waals surface area (Å²) in [6.45, 7) is 0. The van der Waals surface area contributed by atoms with Gasteiger partial charge in [-0.05, 0) is 82.9 Å². The van der Waals surface area contributed by atoms with Crippen LogP contribution in [0.15, 0.2) is 158 Å². The molecule has 9 rings (SSSR count). The fraction of sp³-hybridized carbons (Fsp3) is 0.0455. The number of fused-ring (bicyclic) bond motifs is 6. The fourth-order valence-corrected chi connectivity index (χ4v) is 7.58. The molecular formula is C44H28N4. The van der Waals surface area contributed by atoms with E-state index in [1.165, 1.54) is 11.3 Å². The molecule has 0 spiro atoms. The number of nitriles is 2. The van der Waals surface area contributed by atoms with Gasteiger partial charge in [-0.3, -0.25) is 0 Å². The summed E-state index contributed by atoms with van der Waals surface area (Å²) >= 11 is 0. The molecule has 2 unspecified atom stereocenters. The van der Waals surface area contributed by atoms with Crippen LogP contribution < -0.4 is 4.90 Å². The van der Waals surface area contributed by atoms with Gasteiger partial charge in [0.1, 0.15) is 0 Å². The summed E-state index contributed by atoms with van der Waals surface area (Å²) in [6.07, 6.45) is 8.84. The van der Waals surface area contributed by atoms with E-state index in [1.807, 2.05) is 36.4 Å². The average Bonchev–Trinajstić information content (AvgIpc) is 3.67. The molecule has 1 aromatic heterocycles. The Morgan fingerprint density at radius 2 is 1.17 bits per heavy atom. The predicted octanol–water partition coefficient (Wildman–Crippen LogP) is 10.6. The molecule has 224 valence electrons. The fourth-order valence-electron chi connectivity index (χ4n) is 7.58. The smallest absolute Gasteiger partial charge is 0.0991 e. The molecule has 0 N–H and O–H groups in total. The highest BCUT2D eigenvalue weighted by Crippen LogP contribution is 2.50. The molecule has 2 atom stereocenters. The van der Waals surface area contributed by atoms with Crippen LogP contribution in [-0.2, 0) is 0 Å². The number of rotatable bonds is 4. The Labute approximate surface area is 279 Å². The zero-order valence-electron chi connectivity index (χ0n) is 26.0. The minimum absolute atomic E-state index is 0.180. The van der Waals surface area contributed by atoms with Crippen molar-refractivity contribution in [1.82, 2.24) is 4.57 Å². The maximum absolute atomic E-state index is 9.84. The molecule has 1 aliphatic heterocycles. The highest BCUT2D eigenvalue weighted by atomic mass is 15.2.